The normalized spacial score (nSPS) is 13.8. The zero-order valence-corrected chi connectivity index (χ0v) is 24.0. The molecule has 3 amide bonds. The molecule has 1 aromatic carbocycles. The zero-order chi connectivity index (χ0) is 27.9. The second kappa shape index (κ2) is 13.1. The van der Waals surface area contributed by atoms with E-state index in [0.717, 1.165) is 42.3 Å². The number of ether oxygens (including phenoxy) is 2. The Morgan fingerprint density at radius 3 is 2.74 bits per heavy atom. The Labute approximate surface area is 235 Å². The van der Waals surface area contributed by atoms with E-state index in [1.54, 1.807) is 29.0 Å². The van der Waals surface area contributed by atoms with E-state index in [0.29, 0.717) is 48.4 Å². The summed E-state index contributed by atoms with van der Waals surface area (Å²) < 4.78 is 13.2. The summed E-state index contributed by atoms with van der Waals surface area (Å²) in [4.78, 5) is 34.1. The molecule has 2 aromatic heterocycles. The SMILES string of the molecule is CCCCCOc1cc(N2CCCN(Cc3ccnc4c3c(Cl)cn4CC(=O)NC(C)C)C2=O)ccc1OC. The zero-order valence-electron chi connectivity index (χ0n) is 23.2. The van der Waals surface area contributed by atoms with Gasteiger partial charge in [0.2, 0.25) is 5.91 Å². The number of fused-ring (bicyclic) bond motifs is 1. The molecule has 0 radical (unpaired) electrons. The lowest BCUT2D eigenvalue weighted by molar-refractivity contribution is -0.122. The molecule has 1 aliphatic rings. The van der Waals surface area contributed by atoms with Crippen LogP contribution in [-0.4, -0.2) is 59.2 Å². The summed E-state index contributed by atoms with van der Waals surface area (Å²) in [7, 11) is 1.62. The molecule has 0 saturated carbocycles. The number of amides is 3. The largest absolute Gasteiger partial charge is 0.493 e. The fraction of sp³-hybridized carbons (Fsp3) is 0.483. The molecule has 0 bridgehead atoms. The standard InChI is InChI=1S/C29H38ClN5O4/c1-5-6-7-15-39-25-16-22(9-10-24(25)38-4)35-14-8-13-33(29(35)37)17-21-11-12-31-28-27(21)23(30)18-34(28)19-26(36)32-20(2)3/h9-12,16,18,20H,5-8,13-15,17,19H2,1-4H3,(H,32,36). The van der Waals surface area contributed by atoms with Gasteiger partial charge in [0.05, 0.1) is 18.7 Å². The molecule has 10 heteroatoms. The van der Waals surface area contributed by atoms with Crippen molar-refractivity contribution in [3.63, 3.8) is 0 Å². The van der Waals surface area contributed by atoms with E-state index in [-0.39, 0.29) is 24.5 Å². The highest BCUT2D eigenvalue weighted by Gasteiger charge is 2.28. The third-order valence-corrected chi connectivity index (χ3v) is 6.98. The number of halogens is 1. The van der Waals surface area contributed by atoms with Crippen molar-refractivity contribution in [1.82, 2.24) is 19.8 Å². The van der Waals surface area contributed by atoms with Crippen LogP contribution < -0.4 is 19.7 Å². The molecular formula is C29H38ClN5O4. The van der Waals surface area contributed by atoms with Gasteiger partial charge >= 0.3 is 6.03 Å². The Bertz CT molecular complexity index is 1310. The lowest BCUT2D eigenvalue weighted by Gasteiger charge is -2.36. The Balaban J connectivity index is 1.53. The fourth-order valence-corrected chi connectivity index (χ4v) is 5.18. The predicted molar refractivity (Wildman–Crippen MR) is 154 cm³/mol. The van der Waals surface area contributed by atoms with Crippen molar-refractivity contribution in [2.45, 2.75) is 65.6 Å². The molecule has 39 heavy (non-hydrogen) atoms. The molecule has 3 heterocycles. The maximum absolute atomic E-state index is 13.6. The van der Waals surface area contributed by atoms with E-state index in [1.165, 1.54) is 0 Å². The maximum Gasteiger partial charge on any atom is 0.324 e. The summed E-state index contributed by atoms with van der Waals surface area (Å²) in [6.45, 7) is 8.34. The molecule has 9 nitrogen and oxygen atoms in total. The van der Waals surface area contributed by atoms with Gasteiger partial charge < -0.3 is 24.3 Å². The molecule has 4 rings (SSSR count). The topological polar surface area (TPSA) is 88.9 Å². The number of rotatable bonds is 12. The van der Waals surface area contributed by atoms with E-state index in [1.807, 2.05) is 43.0 Å². The van der Waals surface area contributed by atoms with Gasteiger partial charge in [-0.15, -0.1) is 0 Å². The van der Waals surface area contributed by atoms with Crippen molar-refractivity contribution in [2.24, 2.45) is 0 Å². The summed E-state index contributed by atoms with van der Waals surface area (Å²) in [6.07, 6.45) is 7.43. The van der Waals surface area contributed by atoms with Crippen LogP contribution in [0.1, 0.15) is 52.0 Å². The molecule has 0 spiro atoms. The van der Waals surface area contributed by atoms with Gasteiger partial charge in [-0.25, -0.2) is 9.78 Å². The molecule has 210 valence electrons. The van der Waals surface area contributed by atoms with Crippen LogP contribution in [0, 0.1) is 0 Å². The highest BCUT2D eigenvalue weighted by Crippen LogP contribution is 2.34. The van der Waals surface area contributed by atoms with Crippen molar-refractivity contribution < 1.29 is 19.1 Å². The van der Waals surface area contributed by atoms with E-state index in [9.17, 15) is 9.59 Å². The first kappa shape index (κ1) is 28.5. The first-order valence-corrected chi connectivity index (χ1v) is 14.0. The lowest BCUT2D eigenvalue weighted by Crippen LogP contribution is -2.49. The Morgan fingerprint density at radius 1 is 1.18 bits per heavy atom. The van der Waals surface area contributed by atoms with Gasteiger partial charge in [0.15, 0.2) is 11.5 Å². The molecule has 0 unspecified atom stereocenters. The molecule has 1 N–H and O–H groups in total. The van der Waals surface area contributed by atoms with E-state index in [4.69, 9.17) is 21.1 Å². The number of carbonyl (C=O) groups excluding carboxylic acids is 2. The number of carbonyl (C=O) groups is 2. The van der Waals surface area contributed by atoms with Crippen LogP contribution in [0.25, 0.3) is 11.0 Å². The minimum absolute atomic E-state index is 0.0424. The summed E-state index contributed by atoms with van der Waals surface area (Å²) in [5.74, 6) is 1.18. The minimum atomic E-state index is -0.110. The van der Waals surface area contributed by atoms with Crippen LogP contribution in [0.2, 0.25) is 5.02 Å². The number of benzene rings is 1. The highest BCUT2D eigenvalue weighted by molar-refractivity contribution is 6.35. The third-order valence-electron chi connectivity index (χ3n) is 6.70. The number of hydrogen-bond acceptors (Lipinski definition) is 5. The van der Waals surface area contributed by atoms with Gasteiger partial charge in [-0.3, -0.25) is 9.69 Å². The van der Waals surface area contributed by atoms with Crippen LogP contribution >= 0.6 is 11.6 Å². The molecule has 3 aromatic rings. The quantitative estimate of drug-likeness (QED) is 0.293. The first-order chi connectivity index (χ1) is 18.8. The summed E-state index contributed by atoms with van der Waals surface area (Å²) in [6, 6.07) is 7.47. The third kappa shape index (κ3) is 6.76. The number of nitrogens with zero attached hydrogens (tertiary/aromatic N) is 4. The molecule has 1 saturated heterocycles. The van der Waals surface area contributed by atoms with Gasteiger partial charge in [-0.05, 0) is 50.5 Å². The van der Waals surface area contributed by atoms with E-state index >= 15 is 0 Å². The number of nitrogens with one attached hydrogen (secondary N) is 1. The number of pyridine rings is 1. The predicted octanol–water partition coefficient (Wildman–Crippen LogP) is 5.62. The van der Waals surface area contributed by atoms with Crippen LogP contribution in [0.15, 0.2) is 36.7 Å². The molecule has 1 aliphatic heterocycles. The number of hydrogen-bond donors (Lipinski definition) is 1. The molecule has 0 atom stereocenters. The number of methoxy groups -OCH3 is 1. The highest BCUT2D eigenvalue weighted by atomic mass is 35.5. The maximum atomic E-state index is 13.6. The van der Waals surface area contributed by atoms with Gasteiger partial charge in [0.25, 0.3) is 0 Å². The van der Waals surface area contributed by atoms with Crippen molar-refractivity contribution in [1.29, 1.82) is 0 Å². The van der Waals surface area contributed by atoms with E-state index in [2.05, 4.69) is 17.2 Å². The van der Waals surface area contributed by atoms with Gasteiger partial charge in [-0.1, -0.05) is 31.4 Å². The van der Waals surface area contributed by atoms with Crippen LogP contribution in [0.3, 0.4) is 0 Å². The van der Waals surface area contributed by atoms with Crippen LogP contribution in [0.4, 0.5) is 10.5 Å². The summed E-state index contributed by atoms with van der Waals surface area (Å²) in [5, 5.41) is 4.16. The second-order valence-corrected chi connectivity index (χ2v) is 10.5. The Morgan fingerprint density at radius 2 is 2.00 bits per heavy atom. The van der Waals surface area contributed by atoms with Crippen LogP contribution in [0.5, 0.6) is 11.5 Å². The Kier molecular flexibility index (Phi) is 9.56. The molecular weight excluding hydrogens is 518 g/mol. The average molecular weight is 556 g/mol. The lowest BCUT2D eigenvalue weighted by atomic mass is 10.1. The fourth-order valence-electron chi connectivity index (χ4n) is 4.86. The smallest absolute Gasteiger partial charge is 0.324 e. The van der Waals surface area contributed by atoms with Gasteiger partial charge in [-0.2, -0.15) is 0 Å². The second-order valence-electron chi connectivity index (χ2n) is 10.1. The monoisotopic (exact) mass is 555 g/mol. The van der Waals surface area contributed by atoms with E-state index < -0.39 is 0 Å². The molecule has 0 aliphatic carbocycles. The number of unbranched alkanes of at least 4 members (excludes halogenated alkanes) is 2. The Hall–Kier alpha value is -3.46. The van der Waals surface area contributed by atoms with Crippen molar-refractivity contribution in [3.05, 3.63) is 47.2 Å². The summed E-state index contributed by atoms with van der Waals surface area (Å²) in [5.41, 5.74) is 2.28. The first-order valence-electron chi connectivity index (χ1n) is 13.6. The van der Waals surface area contributed by atoms with Crippen molar-refractivity contribution in [3.8, 4) is 11.5 Å². The minimum Gasteiger partial charge on any atom is -0.493 e. The van der Waals surface area contributed by atoms with Crippen LogP contribution in [-0.2, 0) is 17.9 Å². The number of aromatic nitrogens is 2. The molecule has 1 fully saturated rings. The van der Waals surface area contributed by atoms with Crippen molar-refractivity contribution in [2.75, 3.05) is 31.7 Å². The number of urea groups is 1. The number of anilines is 1. The summed E-state index contributed by atoms with van der Waals surface area (Å²) >= 11 is 6.63. The van der Waals surface area contributed by atoms with Gasteiger partial charge in [0, 0.05) is 55.2 Å². The average Bonchev–Trinajstić information content (AvgIpc) is 3.22. The van der Waals surface area contributed by atoms with Gasteiger partial charge in [0.1, 0.15) is 12.2 Å². The van der Waals surface area contributed by atoms with Crippen molar-refractivity contribution >= 4 is 40.3 Å².